The van der Waals surface area contributed by atoms with E-state index in [2.05, 4.69) is 0 Å². The zero-order valence-electron chi connectivity index (χ0n) is 12.9. The molecular weight excluding hydrogens is 296 g/mol. The predicted octanol–water partition coefficient (Wildman–Crippen LogP) is 3.30. The molecule has 0 fully saturated rings. The summed E-state index contributed by atoms with van der Waals surface area (Å²) >= 11 is 5.87. The molecule has 1 aromatic heterocycles. The van der Waals surface area contributed by atoms with E-state index in [0.717, 1.165) is 5.69 Å². The van der Waals surface area contributed by atoms with Crippen molar-refractivity contribution in [3.8, 4) is 0 Å². The highest BCUT2D eigenvalue weighted by atomic mass is 35.5. The molecule has 4 nitrogen and oxygen atoms in total. The Balaban J connectivity index is 3.22. The molecule has 20 heavy (non-hydrogen) atoms. The van der Waals surface area contributed by atoms with E-state index >= 15 is 0 Å². The number of hydrogen-bond acceptors (Lipinski definition) is 2. The number of alkyl halides is 1. The number of nitrogens with zero attached hydrogens (tertiary/aromatic N) is 2. The van der Waals surface area contributed by atoms with E-state index in [1.54, 1.807) is 16.6 Å². The lowest BCUT2D eigenvalue weighted by atomic mass is 10.2. The number of rotatable bonds is 7. The van der Waals surface area contributed by atoms with Crippen LogP contribution in [0.15, 0.2) is 17.2 Å². The van der Waals surface area contributed by atoms with Crippen LogP contribution in [0, 0.1) is 5.92 Å². The van der Waals surface area contributed by atoms with E-state index in [1.165, 1.54) is 0 Å². The van der Waals surface area contributed by atoms with Gasteiger partial charge in [0.25, 0.3) is 0 Å². The molecule has 0 saturated heterocycles. The molecule has 0 radical (unpaired) electrons. The van der Waals surface area contributed by atoms with Gasteiger partial charge < -0.3 is 4.57 Å². The van der Waals surface area contributed by atoms with Gasteiger partial charge in [-0.2, -0.15) is 4.31 Å². The summed E-state index contributed by atoms with van der Waals surface area (Å²) in [6.45, 7) is 11.1. The van der Waals surface area contributed by atoms with E-state index in [9.17, 15) is 8.42 Å². The summed E-state index contributed by atoms with van der Waals surface area (Å²) in [5, 5.41) is 0. The molecule has 0 aromatic carbocycles. The van der Waals surface area contributed by atoms with E-state index in [0.29, 0.717) is 23.9 Å². The summed E-state index contributed by atoms with van der Waals surface area (Å²) in [5.41, 5.74) is 0.834. The summed E-state index contributed by atoms with van der Waals surface area (Å²) in [6.07, 6.45) is 1.68. The topological polar surface area (TPSA) is 42.3 Å². The van der Waals surface area contributed by atoms with Crippen molar-refractivity contribution in [1.82, 2.24) is 8.87 Å². The van der Waals surface area contributed by atoms with Crippen molar-refractivity contribution >= 4 is 21.6 Å². The number of aryl methyl sites for hydroxylation is 1. The Labute approximate surface area is 127 Å². The van der Waals surface area contributed by atoms with Crippen LogP contribution < -0.4 is 0 Å². The van der Waals surface area contributed by atoms with Gasteiger partial charge >= 0.3 is 0 Å². The molecule has 0 aliphatic rings. The van der Waals surface area contributed by atoms with E-state index < -0.39 is 10.0 Å². The summed E-state index contributed by atoms with van der Waals surface area (Å²) in [4.78, 5) is 0.337. The molecule has 1 rings (SSSR count). The smallest absolute Gasteiger partial charge is 0.244 e. The van der Waals surface area contributed by atoms with Gasteiger partial charge in [0.05, 0.1) is 5.88 Å². The highest BCUT2D eigenvalue weighted by Gasteiger charge is 2.29. The average Bonchev–Trinajstić information content (AvgIpc) is 2.79. The first-order valence-electron chi connectivity index (χ1n) is 7.00. The minimum absolute atomic E-state index is 0.0631. The van der Waals surface area contributed by atoms with Crippen LogP contribution >= 0.6 is 11.6 Å². The van der Waals surface area contributed by atoms with Crippen molar-refractivity contribution in [3.05, 3.63) is 18.0 Å². The molecule has 0 unspecified atom stereocenters. The fourth-order valence-electron chi connectivity index (χ4n) is 2.15. The second-order valence-electron chi connectivity index (χ2n) is 5.65. The van der Waals surface area contributed by atoms with Gasteiger partial charge in [-0.05, 0) is 32.8 Å². The SMILES string of the molecule is CCn1cc(S(=O)(=O)N(CC(C)C)C(C)C)cc1CCl. The quantitative estimate of drug-likeness (QED) is 0.723. The van der Waals surface area contributed by atoms with Crippen LogP contribution in [0.25, 0.3) is 0 Å². The Morgan fingerprint density at radius 2 is 1.90 bits per heavy atom. The minimum atomic E-state index is -3.46. The summed E-state index contributed by atoms with van der Waals surface area (Å²) in [5.74, 6) is 0.600. The lowest BCUT2D eigenvalue weighted by Gasteiger charge is -2.27. The standard InChI is InChI=1S/C14H25ClN2O2S/c1-6-16-10-14(7-13(16)8-15)20(18,19)17(12(4)5)9-11(2)3/h7,10-12H,6,8-9H2,1-5H3. The predicted molar refractivity (Wildman–Crippen MR) is 83.5 cm³/mol. The zero-order chi connectivity index (χ0) is 15.5. The van der Waals surface area contributed by atoms with Gasteiger partial charge in [-0.3, -0.25) is 0 Å². The Kier molecular flexibility index (Phi) is 6.10. The molecule has 0 spiro atoms. The summed E-state index contributed by atoms with van der Waals surface area (Å²) in [7, 11) is -3.46. The maximum atomic E-state index is 12.8. The molecular formula is C14H25ClN2O2S. The van der Waals surface area contributed by atoms with Crippen LogP contribution in [0.5, 0.6) is 0 Å². The Morgan fingerprint density at radius 1 is 1.30 bits per heavy atom. The normalized spacial score (nSPS) is 12.8. The van der Waals surface area contributed by atoms with Crippen LogP contribution in [0.3, 0.4) is 0 Å². The van der Waals surface area contributed by atoms with E-state index in [4.69, 9.17) is 11.6 Å². The highest BCUT2D eigenvalue weighted by molar-refractivity contribution is 7.89. The van der Waals surface area contributed by atoms with Crippen LogP contribution in [-0.4, -0.2) is 29.9 Å². The Bertz CT molecular complexity index is 514. The van der Waals surface area contributed by atoms with E-state index in [-0.39, 0.29) is 12.0 Å². The first-order valence-corrected chi connectivity index (χ1v) is 8.98. The molecule has 0 saturated carbocycles. The summed E-state index contributed by atoms with van der Waals surface area (Å²) in [6, 6.07) is 1.62. The average molecular weight is 321 g/mol. The maximum absolute atomic E-state index is 12.8. The minimum Gasteiger partial charge on any atom is -0.349 e. The van der Waals surface area contributed by atoms with Gasteiger partial charge in [0.15, 0.2) is 0 Å². The van der Waals surface area contributed by atoms with Gasteiger partial charge in [0, 0.05) is 31.0 Å². The molecule has 0 aliphatic carbocycles. The van der Waals surface area contributed by atoms with Crippen molar-refractivity contribution in [1.29, 1.82) is 0 Å². The largest absolute Gasteiger partial charge is 0.349 e. The lowest BCUT2D eigenvalue weighted by Crippen LogP contribution is -2.39. The molecule has 116 valence electrons. The first-order chi connectivity index (χ1) is 9.23. The third-order valence-corrected chi connectivity index (χ3v) is 5.45. The number of hydrogen-bond donors (Lipinski definition) is 0. The van der Waals surface area contributed by atoms with Gasteiger partial charge in [-0.25, -0.2) is 8.42 Å². The van der Waals surface area contributed by atoms with Crippen LogP contribution in [0.4, 0.5) is 0 Å². The van der Waals surface area contributed by atoms with Crippen LogP contribution in [-0.2, 0) is 22.4 Å². The number of aromatic nitrogens is 1. The number of halogens is 1. The molecule has 0 aliphatic heterocycles. The van der Waals surface area contributed by atoms with Crippen LogP contribution in [0.2, 0.25) is 0 Å². The van der Waals surface area contributed by atoms with Crippen molar-refractivity contribution < 1.29 is 8.42 Å². The van der Waals surface area contributed by atoms with Crippen LogP contribution in [0.1, 0.15) is 40.3 Å². The van der Waals surface area contributed by atoms with Crippen molar-refractivity contribution in [3.63, 3.8) is 0 Å². The Morgan fingerprint density at radius 3 is 2.25 bits per heavy atom. The highest BCUT2D eigenvalue weighted by Crippen LogP contribution is 2.23. The molecule has 0 bridgehead atoms. The Hall–Kier alpha value is -0.520. The fourth-order valence-corrected chi connectivity index (χ4v) is 4.25. The maximum Gasteiger partial charge on any atom is 0.244 e. The van der Waals surface area contributed by atoms with Crippen molar-refractivity contribution in [2.45, 2.75) is 58.0 Å². The van der Waals surface area contributed by atoms with Crippen molar-refractivity contribution in [2.75, 3.05) is 6.54 Å². The molecule has 1 aromatic rings. The molecule has 6 heteroatoms. The molecule has 0 N–H and O–H groups in total. The number of sulfonamides is 1. The summed E-state index contributed by atoms with van der Waals surface area (Å²) < 4.78 is 29.0. The van der Waals surface area contributed by atoms with Gasteiger partial charge in [0.2, 0.25) is 10.0 Å². The third kappa shape index (κ3) is 3.77. The van der Waals surface area contributed by atoms with Crippen molar-refractivity contribution in [2.24, 2.45) is 5.92 Å². The van der Waals surface area contributed by atoms with Gasteiger partial charge in [-0.15, -0.1) is 11.6 Å². The van der Waals surface area contributed by atoms with E-state index in [1.807, 2.05) is 39.2 Å². The second kappa shape index (κ2) is 6.96. The zero-order valence-corrected chi connectivity index (χ0v) is 14.5. The fraction of sp³-hybridized carbons (Fsp3) is 0.714. The first kappa shape index (κ1) is 17.5. The molecule has 1 heterocycles. The van der Waals surface area contributed by atoms with Gasteiger partial charge in [0.1, 0.15) is 4.90 Å². The lowest BCUT2D eigenvalue weighted by molar-refractivity contribution is 0.319. The molecule has 0 amide bonds. The second-order valence-corrected chi connectivity index (χ2v) is 7.81. The van der Waals surface area contributed by atoms with Gasteiger partial charge in [-0.1, -0.05) is 13.8 Å². The molecule has 0 atom stereocenters. The third-order valence-electron chi connectivity index (χ3n) is 3.17. The monoisotopic (exact) mass is 320 g/mol.